The molecular formula is C42H74N16O16. The first-order valence-electron chi connectivity index (χ1n) is 23.5. The highest BCUT2D eigenvalue weighted by atomic mass is 16.4. The van der Waals surface area contributed by atoms with Gasteiger partial charge in [-0.15, -0.1) is 0 Å². The van der Waals surface area contributed by atoms with Gasteiger partial charge < -0.3 is 97.8 Å². The van der Waals surface area contributed by atoms with Crippen molar-refractivity contribution in [1.82, 2.24) is 37.2 Å². The lowest BCUT2D eigenvalue weighted by Crippen LogP contribution is -2.61. The Morgan fingerprint density at radius 2 is 0.851 bits per heavy atom. The van der Waals surface area contributed by atoms with Crippen LogP contribution in [0.4, 0.5) is 0 Å². The first-order chi connectivity index (χ1) is 34.6. The first-order valence-corrected chi connectivity index (χ1v) is 23.5. The van der Waals surface area contributed by atoms with Crippen LogP contribution >= 0.6 is 0 Å². The molecule has 0 spiro atoms. The van der Waals surface area contributed by atoms with Gasteiger partial charge in [-0.2, -0.15) is 0 Å². The molecular weight excluding hydrogens is 985 g/mol. The average Bonchev–Trinajstić information content (AvgIpc) is 3.30. The SMILES string of the molecule is CC[C@H](C)[C@H](NC(=O)[C@H](CC(=O)O)NC(=O)[C@@H](N)CCC(=O)O)C(=O)N[C@@H](CC(N)=O)C(=O)N[C@@H](CCCCN)C(=O)N[C@@H](CCCN=C(N)N)C(=O)N[C@@H](CCCN=C(N)N)C(=O)N[C@@H](CCC(=O)O)C(=O)O. The molecule has 0 aromatic carbocycles. The number of carboxylic acid groups (broad SMARTS) is 4. The monoisotopic (exact) mass is 1060 g/mol. The number of amides is 8. The van der Waals surface area contributed by atoms with E-state index in [2.05, 4.69) is 47.2 Å². The van der Waals surface area contributed by atoms with Crippen molar-refractivity contribution in [2.24, 2.45) is 56.0 Å². The third kappa shape index (κ3) is 28.2. The highest BCUT2D eigenvalue weighted by Crippen LogP contribution is 2.12. The van der Waals surface area contributed by atoms with Crippen LogP contribution in [0, 0.1) is 5.92 Å². The fourth-order valence-corrected chi connectivity index (χ4v) is 6.62. The molecule has 0 rings (SSSR count). The molecule has 0 aromatic heterocycles. The van der Waals surface area contributed by atoms with Crippen LogP contribution in [0.1, 0.15) is 104 Å². The number of carboxylic acids is 4. The Morgan fingerprint density at radius 3 is 1.26 bits per heavy atom. The maximum atomic E-state index is 14.2. The summed E-state index contributed by atoms with van der Waals surface area (Å²) < 4.78 is 0. The summed E-state index contributed by atoms with van der Waals surface area (Å²) in [5.41, 5.74) is 38.5. The second-order valence-electron chi connectivity index (χ2n) is 17.0. The Morgan fingerprint density at radius 1 is 0.459 bits per heavy atom. The Labute approximate surface area is 425 Å². The van der Waals surface area contributed by atoms with Crippen LogP contribution < -0.4 is 77.4 Å². The molecule has 418 valence electrons. The maximum absolute atomic E-state index is 14.2. The number of hydrogen-bond donors (Lipinski definition) is 18. The number of nitrogens with two attached hydrogens (primary N) is 7. The third-order valence-electron chi connectivity index (χ3n) is 10.8. The number of nitrogens with one attached hydrogen (secondary N) is 7. The van der Waals surface area contributed by atoms with Crippen molar-refractivity contribution in [3.8, 4) is 0 Å². The second kappa shape index (κ2) is 35.3. The zero-order valence-corrected chi connectivity index (χ0v) is 41.3. The van der Waals surface area contributed by atoms with Crippen molar-refractivity contribution in [3.63, 3.8) is 0 Å². The number of aliphatic carboxylic acids is 4. The molecule has 0 aliphatic carbocycles. The minimum atomic E-state index is -1.84. The van der Waals surface area contributed by atoms with Gasteiger partial charge in [0.2, 0.25) is 47.3 Å². The van der Waals surface area contributed by atoms with Crippen LogP contribution in [0.5, 0.6) is 0 Å². The van der Waals surface area contributed by atoms with Crippen LogP contribution in [-0.2, 0) is 57.5 Å². The summed E-state index contributed by atoms with van der Waals surface area (Å²) in [5.74, 6) is -15.8. The van der Waals surface area contributed by atoms with Crippen molar-refractivity contribution >= 4 is 83.1 Å². The number of primary amides is 1. The van der Waals surface area contributed by atoms with Gasteiger partial charge in [-0.1, -0.05) is 20.3 Å². The molecule has 0 aliphatic heterocycles. The number of rotatable bonds is 39. The van der Waals surface area contributed by atoms with Gasteiger partial charge in [-0.05, 0) is 70.3 Å². The average molecular weight is 1060 g/mol. The van der Waals surface area contributed by atoms with Crippen LogP contribution in [0.2, 0.25) is 0 Å². The summed E-state index contributed by atoms with van der Waals surface area (Å²) in [6, 6.07) is -13.0. The molecule has 0 bridgehead atoms. The zero-order chi connectivity index (χ0) is 56.7. The molecule has 25 N–H and O–H groups in total. The van der Waals surface area contributed by atoms with Gasteiger partial charge in [0.1, 0.15) is 42.3 Å². The first kappa shape index (κ1) is 66.1. The van der Waals surface area contributed by atoms with Gasteiger partial charge in [0.15, 0.2) is 11.9 Å². The topological polar surface area (TPSA) is 577 Å². The summed E-state index contributed by atoms with van der Waals surface area (Å²) in [6.07, 6.45) is -3.71. The maximum Gasteiger partial charge on any atom is 0.326 e. The Bertz CT molecular complexity index is 2020. The lowest BCUT2D eigenvalue weighted by molar-refractivity contribution is -0.144. The van der Waals surface area contributed by atoms with Crippen LogP contribution in [0.25, 0.3) is 0 Å². The van der Waals surface area contributed by atoms with E-state index < -0.39 is 157 Å². The van der Waals surface area contributed by atoms with Gasteiger partial charge in [0, 0.05) is 25.9 Å². The summed E-state index contributed by atoms with van der Waals surface area (Å²) in [6.45, 7) is 3.15. The predicted octanol–water partition coefficient (Wildman–Crippen LogP) is -6.85. The summed E-state index contributed by atoms with van der Waals surface area (Å²) >= 11 is 0. The summed E-state index contributed by atoms with van der Waals surface area (Å²) in [7, 11) is 0. The highest BCUT2D eigenvalue weighted by Gasteiger charge is 2.36. The number of carbonyl (C=O) groups is 12. The van der Waals surface area contributed by atoms with Crippen molar-refractivity contribution in [2.75, 3.05) is 19.6 Å². The molecule has 8 amide bonds. The lowest BCUT2D eigenvalue weighted by Gasteiger charge is -2.29. The molecule has 0 saturated carbocycles. The summed E-state index contributed by atoms with van der Waals surface area (Å²) in [5, 5.41) is 53.6. The van der Waals surface area contributed by atoms with E-state index in [4.69, 9.17) is 50.3 Å². The minimum absolute atomic E-state index is 0.0302. The highest BCUT2D eigenvalue weighted by molar-refractivity contribution is 5.99. The number of nitrogens with zero attached hydrogens (tertiary/aromatic N) is 2. The fourth-order valence-electron chi connectivity index (χ4n) is 6.62. The molecule has 32 nitrogen and oxygen atoms in total. The fraction of sp³-hybridized carbons (Fsp3) is 0.667. The zero-order valence-electron chi connectivity index (χ0n) is 41.3. The van der Waals surface area contributed by atoms with E-state index in [9.17, 15) is 67.7 Å². The number of unbranched alkanes of at least 4 members (excludes halogenated alkanes) is 1. The van der Waals surface area contributed by atoms with Gasteiger partial charge in [-0.3, -0.25) is 62.7 Å². The minimum Gasteiger partial charge on any atom is -0.481 e. The standard InChI is InChI=1S/C42H74N16O16/c1-3-20(2)32(58-38(71)27(19-31(64)65)56-33(66)21(44)11-13-29(60)61)39(72)57-26(18-28(45)59)37(70)54-22(8-4-5-15-43)34(67)52-23(9-6-16-50-41(46)47)35(68)53-24(10-7-17-51-42(48)49)36(69)55-25(40(73)74)12-14-30(62)63/h20-27,32H,3-19,43-44H2,1-2H3,(H2,45,59)(H,52,67)(H,53,68)(H,54,70)(H,55,69)(H,56,66)(H,57,72)(H,58,71)(H,60,61)(H,62,63)(H,64,65)(H,73,74)(H4,46,47,50)(H4,48,49,51)/t20-,21-,22-,23-,24-,25-,26-,27-,32-/m0/s1. The molecule has 0 fully saturated rings. The van der Waals surface area contributed by atoms with E-state index in [1.54, 1.807) is 6.92 Å². The van der Waals surface area contributed by atoms with Gasteiger partial charge in [0.05, 0.1) is 18.9 Å². The van der Waals surface area contributed by atoms with Gasteiger partial charge >= 0.3 is 23.9 Å². The molecule has 0 heterocycles. The number of guanidine groups is 2. The third-order valence-corrected chi connectivity index (χ3v) is 10.8. The van der Waals surface area contributed by atoms with Gasteiger partial charge in [0.25, 0.3) is 0 Å². The molecule has 0 aliphatic rings. The molecule has 74 heavy (non-hydrogen) atoms. The van der Waals surface area contributed by atoms with Crippen LogP contribution in [0.3, 0.4) is 0 Å². The molecule has 9 atom stereocenters. The van der Waals surface area contributed by atoms with Gasteiger partial charge in [-0.25, -0.2) is 4.79 Å². The quantitative estimate of drug-likeness (QED) is 0.0155. The Balaban J connectivity index is 6.91. The van der Waals surface area contributed by atoms with E-state index in [0.29, 0.717) is 6.42 Å². The molecule has 0 unspecified atom stereocenters. The summed E-state index contributed by atoms with van der Waals surface area (Å²) in [4.78, 5) is 162. The lowest BCUT2D eigenvalue weighted by atomic mass is 9.97. The predicted molar refractivity (Wildman–Crippen MR) is 261 cm³/mol. The molecule has 0 radical (unpaired) electrons. The Kier molecular flexibility index (Phi) is 31.5. The number of hydrogen-bond acceptors (Lipinski definition) is 16. The van der Waals surface area contributed by atoms with Crippen LogP contribution in [0.15, 0.2) is 9.98 Å². The molecule has 0 saturated heterocycles. The normalized spacial score (nSPS) is 14.4. The van der Waals surface area contributed by atoms with Crippen molar-refractivity contribution in [2.45, 2.75) is 152 Å². The molecule has 0 aromatic rings. The van der Waals surface area contributed by atoms with Crippen molar-refractivity contribution < 1.29 is 78.0 Å². The largest absolute Gasteiger partial charge is 0.481 e. The Hall–Kier alpha value is -7.90. The van der Waals surface area contributed by atoms with E-state index in [0.717, 1.165) is 0 Å². The number of carbonyl (C=O) groups excluding carboxylic acids is 8. The number of aliphatic imine (C=N–C) groups is 2. The second-order valence-corrected chi connectivity index (χ2v) is 17.0. The van der Waals surface area contributed by atoms with Crippen LogP contribution in [-0.4, -0.2) is 171 Å². The van der Waals surface area contributed by atoms with Crippen molar-refractivity contribution in [3.05, 3.63) is 0 Å². The van der Waals surface area contributed by atoms with E-state index >= 15 is 0 Å². The van der Waals surface area contributed by atoms with Crippen molar-refractivity contribution in [1.29, 1.82) is 0 Å². The van der Waals surface area contributed by atoms with E-state index in [1.165, 1.54) is 6.92 Å². The smallest absolute Gasteiger partial charge is 0.326 e. The molecule has 32 heteroatoms. The van der Waals surface area contributed by atoms with E-state index in [1.807, 2.05) is 0 Å². The van der Waals surface area contributed by atoms with E-state index in [-0.39, 0.29) is 82.9 Å².